The Morgan fingerprint density at radius 1 is 0.327 bits per heavy atom. The monoisotopic (exact) mass is 661 g/mol. The van der Waals surface area contributed by atoms with Gasteiger partial charge >= 0.3 is 0 Å². The topological polar surface area (TPSA) is 3.24 Å². The zero-order valence-electron chi connectivity index (χ0n) is 28.7. The zero-order chi connectivity index (χ0) is 34.5. The van der Waals surface area contributed by atoms with Crippen LogP contribution in [-0.2, 0) is 5.41 Å². The van der Waals surface area contributed by atoms with Crippen molar-refractivity contribution in [2.75, 3.05) is 4.90 Å². The Labute approximate surface area is 304 Å². The van der Waals surface area contributed by atoms with Crippen molar-refractivity contribution in [3.63, 3.8) is 0 Å². The predicted molar refractivity (Wildman–Crippen MR) is 219 cm³/mol. The number of anilines is 3. The molecule has 0 amide bonds. The van der Waals surface area contributed by atoms with Crippen LogP contribution in [0.3, 0.4) is 0 Å². The van der Waals surface area contributed by atoms with Crippen LogP contribution < -0.4 is 4.90 Å². The third kappa shape index (κ3) is 4.63. The van der Waals surface area contributed by atoms with Gasteiger partial charge in [0.15, 0.2) is 0 Å². The van der Waals surface area contributed by atoms with Crippen LogP contribution in [-0.4, -0.2) is 0 Å². The number of para-hydroxylation sites is 1. The minimum absolute atomic E-state index is 0.486. The van der Waals surface area contributed by atoms with Crippen LogP contribution in [0.1, 0.15) is 22.3 Å². The normalized spacial score (nSPS) is 12.8. The summed E-state index contributed by atoms with van der Waals surface area (Å²) in [4.78, 5) is 2.46. The van der Waals surface area contributed by atoms with E-state index in [0.717, 1.165) is 17.1 Å². The number of nitrogens with zero attached hydrogens (tertiary/aromatic N) is 1. The molecule has 52 heavy (non-hydrogen) atoms. The van der Waals surface area contributed by atoms with Gasteiger partial charge in [-0.2, -0.15) is 0 Å². The van der Waals surface area contributed by atoms with E-state index >= 15 is 0 Å². The van der Waals surface area contributed by atoms with Gasteiger partial charge in [-0.05, 0) is 97.1 Å². The van der Waals surface area contributed by atoms with E-state index in [1.807, 2.05) is 0 Å². The second kappa shape index (κ2) is 12.3. The number of benzene rings is 9. The summed E-state index contributed by atoms with van der Waals surface area (Å²) in [6, 6.07) is 77.9. The van der Waals surface area contributed by atoms with Crippen LogP contribution in [0, 0.1) is 0 Å². The van der Waals surface area contributed by atoms with Gasteiger partial charge in [0.2, 0.25) is 0 Å². The summed E-state index contributed by atoms with van der Waals surface area (Å²) in [5.41, 5.74) is 13.0. The van der Waals surface area contributed by atoms with Crippen molar-refractivity contribution >= 4 is 38.6 Å². The molecule has 1 aliphatic carbocycles. The number of fused-ring (bicyclic) bond motifs is 5. The molecule has 1 aliphatic rings. The first kappa shape index (κ1) is 30.2. The number of hydrogen-bond acceptors (Lipinski definition) is 1. The molecule has 9 aromatic rings. The van der Waals surface area contributed by atoms with Crippen LogP contribution in [0.4, 0.5) is 17.1 Å². The Balaban J connectivity index is 1.27. The molecular formula is C51H35N. The third-order valence-corrected chi connectivity index (χ3v) is 10.9. The minimum atomic E-state index is -0.486. The molecule has 10 rings (SSSR count). The lowest BCUT2D eigenvalue weighted by Gasteiger charge is -2.35. The van der Waals surface area contributed by atoms with Gasteiger partial charge in [-0.3, -0.25) is 0 Å². The summed E-state index contributed by atoms with van der Waals surface area (Å²) in [5, 5.41) is 4.91. The van der Waals surface area contributed by atoms with Gasteiger partial charge in [0, 0.05) is 16.8 Å². The molecule has 0 spiro atoms. The highest BCUT2D eigenvalue weighted by Gasteiger charge is 2.46. The molecule has 0 N–H and O–H groups in total. The van der Waals surface area contributed by atoms with E-state index < -0.39 is 5.41 Å². The lowest BCUT2D eigenvalue weighted by molar-refractivity contribution is 0.768. The zero-order valence-corrected chi connectivity index (χ0v) is 28.7. The number of hydrogen-bond donors (Lipinski definition) is 0. The van der Waals surface area contributed by atoms with Crippen LogP contribution in [0.15, 0.2) is 212 Å². The van der Waals surface area contributed by atoms with Crippen molar-refractivity contribution < 1.29 is 0 Å². The molecule has 0 saturated heterocycles. The average molecular weight is 662 g/mol. The highest BCUT2D eigenvalue weighted by Crippen LogP contribution is 2.57. The molecule has 0 aromatic heterocycles. The van der Waals surface area contributed by atoms with Gasteiger partial charge in [-0.25, -0.2) is 0 Å². The Morgan fingerprint density at radius 2 is 0.885 bits per heavy atom. The lowest BCUT2D eigenvalue weighted by Crippen LogP contribution is -2.28. The molecule has 244 valence electrons. The van der Waals surface area contributed by atoms with Crippen LogP contribution in [0.5, 0.6) is 0 Å². The van der Waals surface area contributed by atoms with E-state index in [1.165, 1.54) is 66.1 Å². The standard InChI is InChI=1S/C51H35N/c1-4-20-39(21-5-1)51(40-22-6-2-7-23-40)48-30-15-14-28-46(48)47-32-31-42(35-49(47)51)52(41-24-8-3-9-25-41)50-34-38(33-37-18-11-13-27-45(37)50)44-29-16-19-36-17-10-12-26-43(36)44/h1-35H. The summed E-state index contributed by atoms with van der Waals surface area (Å²) in [5.74, 6) is 0. The fourth-order valence-corrected chi connectivity index (χ4v) is 8.68. The summed E-state index contributed by atoms with van der Waals surface area (Å²) in [7, 11) is 0. The quantitative estimate of drug-likeness (QED) is 0.171. The summed E-state index contributed by atoms with van der Waals surface area (Å²) in [6.45, 7) is 0. The summed E-state index contributed by atoms with van der Waals surface area (Å²) >= 11 is 0. The van der Waals surface area contributed by atoms with Gasteiger partial charge in [-0.15, -0.1) is 0 Å². The second-order valence-electron chi connectivity index (χ2n) is 13.7. The van der Waals surface area contributed by atoms with Gasteiger partial charge in [-0.1, -0.05) is 176 Å². The van der Waals surface area contributed by atoms with E-state index in [9.17, 15) is 0 Å². The second-order valence-corrected chi connectivity index (χ2v) is 13.7. The summed E-state index contributed by atoms with van der Waals surface area (Å²) in [6.07, 6.45) is 0. The molecule has 0 saturated carbocycles. The highest BCUT2D eigenvalue weighted by molar-refractivity contribution is 6.05. The predicted octanol–water partition coefficient (Wildman–Crippen LogP) is 13.5. The Hall–Kier alpha value is -6.70. The summed E-state index contributed by atoms with van der Waals surface area (Å²) < 4.78 is 0. The van der Waals surface area contributed by atoms with E-state index in [-0.39, 0.29) is 0 Å². The maximum Gasteiger partial charge on any atom is 0.0714 e. The van der Waals surface area contributed by atoms with Crippen molar-refractivity contribution in [3.05, 3.63) is 235 Å². The van der Waals surface area contributed by atoms with Gasteiger partial charge in [0.25, 0.3) is 0 Å². The molecule has 0 unspecified atom stereocenters. The molecule has 0 aliphatic heterocycles. The maximum atomic E-state index is 2.46. The van der Waals surface area contributed by atoms with Crippen molar-refractivity contribution in [1.82, 2.24) is 0 Å². The Morgan fingerprint density at radius 3 is 1.63 bits per heavy atom. The van der Waals surface area contributed by atoms with Gasteiger partial charge in [0.1, 0.15) is 0 Å². The molecule has 0 fully saturated rings. The lowest BCUT2D eigenvalue weighted by atomic mass is 9.67. The van der Waals surface area contributed by atoms with Crippen LogP contribution in [0.25, 0.3) is 43.8 Å². The van der Waals surface area contributed by atoms with Crippen molar-refractivity contribution in [1.29, 1.82) is 0 Å². The highest BCUT2D eigenvalue weighted by atomic mass is 15.1. The van der Waals surface area contributed by atoms with Gasteiger partial charge in [0.05, 0.1) is 11.1 Å². The molecule has 0 atom stereocenters. The molecule has 0 radical (unpaired) electrons. The Kier molecular flexibility index (Phi) is 7.11. The van der Waals surface area contributed by atoms with Crippen molar-refractivity contribution in [2.24, 2.45) is 0 Å². The maximum absolute atomic E-state index is 2.46. The molecule has 0 bridgehead atoms. The van der Waals surface area contributed by atoms with E-state index in [1.54, 1.807) is 0 Å². The van der Waals surface area contributed by atoms with Crippen molar-refractivity contribution in [2.45, 2.75) is 5.41 Å². The largest absolute Gasteiger partial charge is 0.310 e. The fourth-order valence-electron chi connectivity index (χ4n) is 8.68. The molecular weight excluding hydrogens is 627 g/mol. The first-order valence-corrected chi connectivity index (χ1v) is 18.0. The van der Waals surface area contributed by atoms with Gasteiger partial charge < -0.3 is 4.90 Å². The molecule has 0 heterocycles. The number of rotatable bonds is 6. The van der Waals surface area contributed by atoms with Crippen LogP contribution in [0.2, 0.25) is 0 Å². The fraction of sp³-hybridized carbons (Fsp3) is 0.0196. The van der Waals surface area contributed by atoms with E-state index in [0.29, 0.717) is 0 Å². The van der Waals surface area contributed by atoms with E-state index in [4.69, 9.17) is 0 Å². The minimum Gasteiger partial charge on any atom is -0.310 e. The molecule has 1 heteroatoms. The smallest absolute Gasteiger partial charge is 0.0714 e. The molecule has 9 aromatic carbocycles. The third-order valence-electron chi connectivity index (χ3n) is 10.9. The Bertz CT molecular complexity index is 2690. The van der Waals surface area contributed by atoms with Crippen LogP contribution >= 0.6 is 0 Å². The average Bonchev–Trinajstić information content (AvgIpc) is 3.52. The molecule has 1 nitrogen and oxygen atoms in total. The first-order chi connectivity index (χ1) is 25.8. The van der Waals surface area contributed by atoms with Crippen molar-refractivity contribution in [3.8, 4) is 22.3 Å². The SMILES string of the molecule is c1ccc(N(c2ccc3c(c2)C(c2ccccc2)(c2ccccc2)c2ccccc2-3)c2cc(-c3cccc4ccccc34)cc3ccccc23)cc1. The van der Waals surface area contributed by atoms with E-state index in [2.05, 4.69) is 217 Å². The first-order valence-electron chi connectivity index (χ1n) is 18.0.